The first-order valence-electron chi connectivity index (χ1n) is 20.1. The van der Waals surface area contributed by atoms with Crippen molar-refractivity contribution >= 4 is 46.7 Å². The summed E-state index contributed by atoms with van der Waals surface area (Å²) >= 11 is 6.48. The van der Waals surface area contributed by atoms with Crippen LogP contribution >= 0.6 is 11.6 Å². The number of hydrogen-bond acceptors (Lipinski definition) is 10. The van der Waals surface area contributed by atoms with Crippen molar-refractivity contribution in [2.24, 2.45) is 4.99 Å². The summed E-state index contributed by atoms with van der Waals surface area (Å²) in [5.74, 6) is 1.91. The van der Waals surface area contributed by atoms with Crippen molar-refractivity contribution in [1.82, 2.24) is 16.0 Å². The third-order valence-corrected chi connectivity index (χ3v) is 10.8. The van der Waals surface area contributed by atoms with Gasteiger partial charge in [-0.1, -0.05) is 63.0 Å². The van der Waals surface area contributed by atoms with Gasteiger partial charge in [0.1, 0.15) is 28.8 Å². The Morgan fingerprint density at radius 1 is 0.807 bits per heavy atom. The van der Waals surface area contributed by atoms with Gasteiger partial charge in [0.15, 0.2) is 0 Å². The van der Waals surface area contributed by atoms with Gasteiger partial charge in [0.25, 0.3) is 11.8 Å². The van der Waals surface area contributed by atoms with E-state index in [0.717, 1.165) is 77.0 Å². The first-order valence-corrected chi connectivity index (χ1v) is 20.5. The fourth-order valence-corrected chi connectivity index (χ4v) is 8.08. The number of carbonyl (C=O) groups is 3. The van der Waals surface area contributed by atoms with Crippen LogP contribution in [-0.4, -0.2) is 73.6 Å². The molecule has 3 amide bonds. The van der Waals surface area contributed by atoms with E-state index < -0.39 is 17.2 Å². The summed E-state index contributed by atoms with van der Waals surface area (Å²) in [5.41, 5.74) is 0.556. The lowest BCUT2D eigenvalue weighted by atomic mass is 9.88. The molecule has 4 aliphatic rings. The van der Waals surface area contributed by atoms with E-state index in [9.17, 15) is 19.5 Å². The molecule has 0 aromatic heterocycles. The zero-order chi connectivity index (χ0) is 41.4. The number of rotatable bonds is 10. The quantitative estimate of drug-likeness (QED) is 0.136. The number of aliphatic hydroxyl groups is 1. The van der Waals surface area contributed by atoms with Gasteiger partial charge in [-0.15, -0.1) is 0 Å². The summed E-state index contributed by atoms with van der Waals surface area (Å²) in [4.78, 5) is 50.2. The van der Waals surface area contributed by atoms with Crippen molar-refractivity contribution in [2.75, 3.05) is 33.4 Å². The lowest BCUT2D eigenvalue weighted by Gasteiger charge is -2.30. The maximum absolute atomic E-state index is 13.0. The number of halogens is 1. The van der Waals surface area contributed by atoms with Gasteiger partial charge in [0, 0.05) is 30.3 Å². The molecule has 0 saturated heterocycles. The van der Waals surface area contributed by atoms with E-state index in [0.29, 0.717) is 76.6 Å². The monoisotopic (exact) mass is 808 g/mol. The average molecular weight is 809 g/mol. The number of hydrogen-bond donors (Lipinski definition) is 4. The van der Waals surface area contributed by atoms with Crippen molar-refractivity contribution in [2.45, 2.75) is 116 Å². The molecule has 2 spiro atoms. The fourth-order valence-electron chi connectivity index (χ4n) is 7.81. The Kier molecular flexibility index (Phi) is 16.9. The number of ether oxygens (including phenoxy) is 4. The topological polar surface area (TPSA) is 174 Å². The standard InChI is InChI=1S/C21H27ClN2O4.C19H25NO4.C3H5NO/c1-3-23-20(26)28-18-17(15-10-9-14(27-4-2)13-16(15)22)19(25)24-21(18)11-7-5-6-8-12-21;1-3-24-13-8-9-14(15(12-13)23-2)16-17(21)19(20-18(16)22)10-6-4-5-7-11-19;1-2-4-3-5/h9-10,13H,3-8,11-12H2,1-2H3,(H,23,26)(H,24,25);8-9,12,21H,3-7,10-11H2,1-2H3,(H,20,22);2H2,1H3. The molecule has 4 N–H and O–H groups in total. The van der Waals surface area contributed by atoms with Crippen LogP contribution in [0, 0.1) is 0 Å². The molecule has 14 heteroatoms. The molecule has 2 aliphatic carbocycles. The molecule has 2 fully saturated rings. The first-order chi connectivity index (χ1) is 27.5. The molecule has 0 atom stereocenters. The Morgan fingerprint density at radius 2 is 1.33 bits per heavy atom. The highest BCUT2D eigenvalue weighted by molar-refractivity contribution is 6.36. The van der Waals surface area contributed by atoms with Gasteiger partial charge in [0.05, 0.1) is 47.6 Å². The smallest absolute Gasteiger partial charge is 0.412 e. The number of methoxy groups -OCH3 is 1. The van der Waals surface area contributed by atoms with Crippen molar-refractivity contribution < 1.29 is 43.2 Å². The molecule has 0 radical (unpaired) electrons. The van der Waals surface area contributed by atoms with Crippen molar-refractivity contribution in [3.8, 4) is 17.2 Å². The Balaban J connectivity index is 0.000000228. The minimum atomic E-state index is -0.657. The predicted molar refractivity (Wildman–Crippen MR) is 219 cm³/mol. The van der Waals surface area contributed by atoms with E-state index >= 15 is 0 Å². The second-order valence-corrected chi connectivity index (χ2v) is 14.6. The van der Waals surface area contributed by atoms with Crippen LogP contribution in [0.4, 0.5) is 4.79 Å². The zero-order valence-electron chi connectivity index (χ0n) is 33.8. The van der Waals surface area contributed by atoms with Gasteiger partial charge in [0.2, 0.25) is 6.08 Å². The van der Waals surface area contributed by atoms with E-state index in [1.807, 2.05) is 20.8 Å². The number of isocyanates is 1. The van der Waals surface area contributed by atoms with E-state index in [1.54, 1.807) is 50.4 Å². The Labute approximate surface area is 340 Å². The van der Waals surface area contributed by atoms with Crippen LogP contribution in [-0.2, 0) is 19.1 Å². The highest BCUT2D eigenvalue weighted by Crippen LogP contribution is 2.45. The maximum Gasteiger partial charge on any atom is 0.412 e. The number of nitrogens with zero attached hydrogens (tertiary/aromatic N) is 1. The van der Waals surface area contributed by atoms with Crippen LogP contribution in [0.3, 0.4) is 0 Å². The molecule has 13 nitrogen and oxygen atoms in total. The van der Waals surface area contributed by atoms with Gasteiger partial charge in [-0.05, 0) is 83.7 Å². The predicted octanol–water partition coefficient (Wildman–Crippen LogP) is 8.35. The molecule has 2 aromatic rings. The van der Waals surface area contributed by atoms with E-state index in [2.05, 4.69) is 20.9 Å². The van der Waals surface area contributed by atoms with Gasteiger partial charge in [-0.2, -0.15) is 0 Å². The molecular formula is C43H57ClN4O9. The Morgan fingerprint density at radius 3 is 1.82 bits per heavy atom. The summed E-state index contributed by atoms with van der Waals surface area (Å²) in [7, 11) is 1.56. The van der Waals surface area contributed by atoms with Crippen LogP contribution in [0.15, 0.2) is 52.9 Å². The lowest BCUT2D eigenvalue weighted by Crippen LogP contribution is -2.45. The van der Waals surface area contributed by atoms with Crippen molar-refractivity contribution in [3.63, 3.8) is 0 Å². The van der Waals surface area contributed by atoms with Gasteiger partial charge in [-0.3, -0.25) is 9.59 Å². The van der Waals surface area contributed by atoms with Crippen LogP contribution in [0.5, 0.6) is 17.2 Å². The minimum Gasteiger partial charge on any atom is -0.509 e. The van der Waals surface area contributed by atoms with Gasteiger partial charge < -0.3 is 40.0 Å². The summed E-state index contributed by atoms with van der Waals surface area (Å²) in [6.45, 7) is 9.47. The van der Waals surface area contributed by atoms with Crippen LogP contribution in [0.1, 0.15) is 116 Å². The lowest BCUT2D eigenvalue weighted by molar-refractivity contribution is -0.117. The molecule has 2 aliphatic heterocycles. The maximum atomic E-state index is 13.0. The largest absolute Gasteiger partial charge is 0.509 e. The number of nitrogens with one attached hydrogen (secondary N) is 3. The Bertz CT molecular complexity index is 1840. The average Bonchev–Trinajstić information content (AvgIpc) is 3.37. The van der Waals surface area contributed by atoms with Gasteiger partial charge >= 0.3 is 6.09 Å². The third-order valence-electron chi connectivity index (χ3n) is 10.4. The normalized spacial score (nSPS) is 18.1. The molecule has 6 rings (SSSR count). The van der Waals surface area contributed by atoms with E-state index in [-0.39, 0.29) is 17.6 Å². The number of carbonyl (C=O) groups excluding carboxylic acids is 4. The summed E-state index contributed by atoms with van der Waals surface area (Å²) in [6.07, 6.45) is 12.3. The second kappa shape index (κ2) is 21.5. The molecule has 2 heterocycles. The van der Waals surface area contributed by atoms with E-state index in [1.165, 1.54) is 6.08 Å². The molecule has 2 aromatic carbocycles. The third kappa shape index (κ3) is 10.9. The summed E-state index contributed by atoms with van der Waals surface area (Å²) < 4.78 is 22.1. The van der Waals surface area contributed by atoms with Crippen molar-refractivity contribution in [1.29, 1.82) is 0 Å². The second-order valence-electron chi connectivity index (χ2n) is 14.2. The molecule has 310 valence electrons. The number of amides is 3. The number of aliphatic imine (C=N–C) groups is 1. The van der Waals surface area contributed by atoms with E-state index in [4.69, 9.17) is 35.3 Å². The number of alkyl carbamates (subject to hydrolysis) is 1. The summed E-state index contributed by atoms with van der Waals surface area (Å²) in [5, 5.41) is 20.1. The van der Waals surface area contributed by atoms with Crippen LogP contribution < -0.4 is 30.2 Å². The Hall–Kier alpha value is -5.00. The fraction of sp³-hybridized carbons (Fsp3) is 0.535. The molecule has 0 unspecified atom stereocenters. The van der Waals surface area contributed by atoms with Gasteiger partial charge in [-0.25, -0.2) is 14.6 Å². The highest BCUT2D eigenvalue weighted by atomic mass is 35.5. The molecule has 57 heavy (non-hydrogen) atoms. The van der Waals surface area contributed by atoms with Crippen molar-refractivity contribution in [3.05, 3.63) is 64.1 Å². The summed E-state index contributed by atoms with van der Waals surface area (Å²) in [6, 6.07) is 10.5. The highest BCUT2D eigenvalue weighted by Gasteiger charge is 2.49. The molecular weight excluding hydrogens is 752 g/mol. The molecule has 0 bridgehead atoms. The zero-order valence-corrected chi connectivity index (χ0v) is 34.6. The minimum absolute atomic E-state index is 0.164. The number of aliphatic hydroxyl groups excluding tert-OH is 1. The van der Waals surface area contributed by atoms with Crippen LogP contribution in [0.25, 0.3) is 11.1 Å². The van der Waals surface area contributed by atoms with Crippen LogP contribution in [0.2, 0.25) is 5.02 Å². The molecule has 2 saturated carbocycles. The SMILES string of the molecule is CCN=C=O.CCNC(=O)OC1=C(c2ccc(OCC)cc2Cl)C(=O)NC12CCCCCC2.CCOc1ccc(C2=C(O)C3(CCCCCC3)NC2=O)c(OC)c1. The first kappa shape index (κ1) is 44.7. The number of benzene rings is 2.